The van der Waals surface area contributed by atoms with Crippen LogP contribution in [0, 0.1) is 0 Å². The van der Waals surface area contributed by atoms with Crippen LogP contribution in [0.25, 0.3) is 0 Å². The molecule has 0 bridgehead atoms. The van der Waals surface area contributed by atoms with Gasteiger partial charge in [0.25, 0.3) is 0 Å². The number of hydrogen-bond donors (Lipinski definition) is 6. The summed E-state index contributed by atoms with van der Waals surface area (Å²) in [6, 6.07) is 20.6. The number of nitrogens with one attached hydrogen (secondary N) is 6. The first kappa shape index (κ1) is 33.8. The number of thiocarbonyl (C=S) groups is 2. The van der Waals surface area contributed by atoms with Crippen molar-refractivity contribution in [3.8, 4) is 0 Å². The van der Waals surface area contributed by atoms with E-state index in [2.05, 4.69) is 56.2 Å². The van der Waals surface area contributed by atoms with E-state index in [1.165, 1.54) is 43.2 Å². The molecule has 0 aliphatic rings. The molecule has 6 nitrogen and oxygen atoms in total. The first-order chi connectivity index (χ1) is 18.2. The Morgan fingerprint density at radius 1 is 0.447 bits per heavy atom. The summed E-state index contributed by atoms with van der Waals surface area (Å²) in [5, 5.41) is 21.6. The van der Waals surface area contributed by atoms with E-state index in [-0.39, 0.29) is 7.43 Å². The van der Waals surface area contributed by atoms with Crippen LogP contribution in [0.5, 0.6) is 0 Å². The fourth-order valence-corrected chi connectivity index (χ4v) is 4.14. The highest BCUT2D eigenvalue weighted by molar-refractivity contribution is 7.80. The van der Waals surface area contributed by atoms with Gasteiger partial charge in [-0.2, -0.15) is 0 Å². The second-order valence-corrected chi connectivity index (χ2v) is 9.98. The first-order valence-corrected chi connectivity index (χ1v) is 14.6. The lowest BCUT2D eigenvalue weighted by Gasteiger charge is -2.11. The van der Waals surface area contributed by atoms with Crippen LogP contribution in [-0.4, -0.2) is 49.5 Å². The standard InChI is InChI=1S/C29H46N6S2.CH4/c36-28(34-24-26-14-6-4-7-15-26)32-22-12-20-30-18-10-2-1-3-11-19-31-21-13-23-33-29(37)35-25-27-16-8-5-9-17-27;/h4-9,14-17,30-31H,1-3,10-13,18-25H2,(H2,32,34,36)(H2,33,35,37);1H4. The third-order valence-electron chi connectivity index (χ3n) is 5.93. The highest BCUT2D eigenvalue weighted by atomic mass is 32.1. The molecule has 0 saturated heterocycles. The van der Waals surface area contributed by atoms with Crippen molar-refractivity contribution in [3.05, 3.63) is 71.8 Å². The molecular weight excluding hydrogens is 509 g/mol. The van der Waals surface area contributed by atoms with Gasteiger partial charge in [-0.25, -0.2) is 0 Å². The van der Waals surface area contributed by atoms with Gasteiger partial charge < -0.3 is 31.9 Å². The average Bonchev–Trinajstić information content (AvgIpc) is 2.93. The van der Waals surface area contributed by atoms with Gasteiger partial charge in [0, 0.05) is 26.2 Å². The molecule has 2 aromatic rings. The molecule has 0 amide bonds. The molecule has 0 atom stereocenters. The van der Waals surface area contributed by atoms with Crippen molar-refractivity contribution in [3.63, 3.8) is 0 Å². The molecule has 38 heavy (non-hydrogen) atoms. The molecule has 2 aromatic carbocycles. The fourth-order valence-electron chi connectivity index (χ4n) is 3.79. The zero-order valence-corrected chi connectivity index (χ0v) is 23.8. The molecule has 0 radical (unpaired) electrons. The summed E-state index contributed by atoms with van der Waals surface area (Å²) in [7, 11) is 0. The Kier molecular flexibility index (Phi) is 21.2. The summed E-state index contributed by atoms with van der Waals surface area (Å²) in [6.45, 7) is 7.58. The van der Waals surface area contributed by atoms with Gasteiger partial charge in [-0.05, 0) is 87.4 Å². The van der Waals surface area contributed by atoms with E-state index in [1.54, 1.807) is 0 Å². The van der Waals surface area contributed by atoms with E-state index in [1.807, 2.05) is 36.4 Å². The first-order valence-electron chi connectivity index (χ1n) is 13.8. The smallest absolute Gasteiger partial charge is 0.166 e. The van der Waals surface area contributed by atoms with Gasteiger partial charge in [-0.15, -0.1) is 0 Å². The van der Waals surface area contributed by atoms with Crippen molar-refractivity contribution in [2.45, 2.75) is 65.5 Å². The molecule has 0 spiro atoms. The minimum absolute atomic E-state index is 0. The summed E-state index contributed by atoms with van der Waals surface area (Å²) < 4.78 is 0. The second-order valence-electron chi connectivity index (χ2n) is 9.16. The van der Waals surface area contributed by atoms with Crippen LogP contribution in [-0.2, 0) is 13.1 Å². The third kappa shape index (κ3) is 18.9. The molecule has 0 fully saturated rings. The molecule has 0 aliphatic carbocycles. The van der Waals surface area contributed by atoms with Crippen LogP contribution < -0.4 is 31.9 Å². The van der Waals surface area contributed by atoms with E-state index < -0.39 is 0 Å². The molecule has 2 rings (SSSR count). The lowest BCUT2D eigenvalue weighted by atomic mass is 10.1. The third-order valence-corrected chi connectivity index (χ3v) is 6.51. The van der Waals surface area contributed by atoms with Crippen LogP contribution in [0.2, 0.25) is 0 Å². The number of rotatable bonds is 20. The zero-order valence-electron chi connectivity index (χ0n) is 22.2. The fraction of sp³-hybridized carbons (Fsp3) is 0.533. The molecule has 0 heterocycles. The second kappa shape index (κ2) is 23.8. The highest BCUT2D eigenvalue weighted by Gasteiger charge is 1.98. The summed E-state index contributed by atoms with van der Waals surface area (Å²) in [4.78, 5) is 0. The molecule has 0 aliphatic heterocycles. The maximum atomic E-state index is 5.33. The van der Waals surface area contributed by atoms with E-state index >= 15 is 0 Å². The minimum atomic E-state index is 0. The molecule has 0 aromatic heterocycles. The molecule has 0 unspecified atom stereocenters. The van der Waals surface area contributed by atoms with Crippen molar-refractivity contribution < 1.29 is 0 Å². The number of unbranched alkanes of at least 4 members (excludes halogenated alkanes) is 4. The Labute approximate surface area is 242 Å². The number of benzene rings is 2. The summed E-state index contributed by atoms with van der Waals surface area (Å²) in [6.07, 6.45) is 8.57. The predicted octanol–water partition coefficient (Wildman–Crippen LogP) is 4.86. The Bertz CT molecular complexity index is 766. The molecular formula is C30H50N6S2. The lowest BCUT2D eigenvalue weighted by Crippen LogP contribution is -2.36. The normalized spacial score (nSPS) is 10.3. The topological polar surface area (TPSA) is 72.2 Å². The van der Waals surface area contributed by atoms with Gasteiger partial charge in [-0.1, -0.05) is 87.4 Å². The maximum absolute atomic E-state index is 5.33. The van der Waals surface area contributed by atoms with Crippen LogP contribution >= 0.6 is 24.4 Å². The SMILES string of the molecule is C.S=C(NCCCNCCCCCCCNCCCNC(=S)NCc1ccccc1)NCc1ccccc1. The van der Waals surface area contributed by atoms with Crippen molar-refractivity contribution >= 4 is 34.7 Å². The Balaban J connectivity index is 0.00000722. The molecule has 212 valence electrons. The van der Waals surface area contributed by atoms with Gasteiger partial charge in [-0.3, -0.25) is 0 Å². The van der Waals surface area contributed by atoms with Gasteiger partial charge in [0.15, 0.2) is 10.2 Å². The van der Waals surface area contributed by atoms with E-state index in [9.17, 15) is 0 Å². The van der Waals surface area contributed by atoms with Crippen molar-refractivity contribution in [1.29, 1.82) is 0 Å². The van der Waals surface area contributed by atoms with E-state index in [0.29, 0.717) is 0 Å². The lowest BCUT2D eigenvalue weighted by molar-refractivity contribution is 0.546. The van der Waals surface area contributed by atoms with E-state index in [0.717, 1.165) is 75.4 Å². The number of hydrogen-bond acceptors (Lipinski definition) is 4. The van der Waals surface area contributed by atoms with Gasteiger partial charge >= 0.3 is 0 Å². The van der Waals surface area contributed by atoms with Crippen molar-refractivity contribution in [2.24, 2.45) is 0 Å². The minimum Gasteiger partial charge on any atom is -0.363 e. The van der Waals surface area contributed by atoms with Crippen molar-refractivity contribution in [2.75, 3.05) is 39.3 Å². The maximum Gasteiger partial charge on any atom is 0.166 e. The zero-order chi connectivity index (χ0) is 26.2. The van der Waals surface area contributed by atoms with Crippen LogP contribution in [0.1, 0.15) is 63.5 Å². The van der Waals surface area contributed by atoms with Gasteiger partial charge in [0.2, 0.25) is 0 Å². The Morgan fingerprint density at radius 3 is 1.24 bits per heavy atom. The van der Waals surface area contributed by atoms with Gasteiger partial charge in [0.05, 0.1) is 0 Å². The quantitative estimate of drug-likeness (QED) is 0.102. The van der Waals surface area contributed by atoms with Crippen molar-refractivity contribution in [1.82, 2.24) is 31.9 Å². The Morgan fingerprint density at radius 2 is 0.816 bits per heavy atom. The molecule has 0 saturated carbocycles. The summed E-state index contributed by atoms with van der Waals surface area (Å²) >= 11 is 10.7. The summed E-state index contributed by atoms with van der Waals surface area (Å²) in [5.74, 6) is 0. The monoisotopic (exact) mass is 558 g/mol. The molecule has 8 heteroatoms. The predicted molar refractivity (Wildman–Crippen MR) is 173 cm³/mol. The van der Waals surface area contributed by atoms with Gasteiger partial charge in [0.1, 0.15) is 0 Å². The molecule has 6 N–H and O–H groups in total. The summed E-state index contributed by atoms with van der Waals surface area (Å²) in [5.41, 5.74) is 2.48. The highest BCUT2D eigenvalue weighted by Crippen LogP contribution is 2.02. The van der Waals surface area contributed by atoms with Crippen LogP contribution in [0.3, 0.4) is 0 Å². The van der Waals surface area contributed by atoms with E-state index in [4.69, 9.17) is 24.4 Å². The largest absolute Gasteiger partial charge is 0.363 e. The van der Waals surface area contributed by atoms with Crippen LogP contribution in [0.4, 0.5) is 0 Å². The van der Waals surface area contributed by atoms with Crippen LogP contribution in [0.15, 0.2) is 60.7 Å². The average molecular weight is 559 g/mol. The Hall–Kier alpha value is -2.26.